The van der Waals surface area contributed by atoms with Gasteiger partial charge in [0.1, 0.15) is 12.4 Å². The zero-order valence-electron chi connectivity index (χ0n) is 10.8. The number of nitrogen functional groups attached to an aromatic ring is 1. The van der Waals surface area contributed by atoms with Crippen LogP contribution in [0.3, 0.4) is 0 Å². The lowest BCUT2D eigenvalue weighted by Gasteiger charge is -2.03. The molecule has 0 atom stereocenters. The number of hydrogen-bond donors (Lipinski definition) is 1. The Labute approximate surface area is 126 Å². The minimum Gasteiger partial charge on any atom is -0.465 e. The van der Waals surface area contributed by atoms with Gasteiger partial charge in [0.05, 0.1) is 17.3 Å². The molecule has 0 amide bonds. The van der Waals surface area contributed by atoms with Crippen molar-refractivity contribution in [3.8, 4) is 11.3 Å². The van der Waals surface area contributed by atoms with E-state index in [4.69, 9.17) is 33.7 Å². The minimum atomic E-state index is -0.393. The van der Waals surface area contributed by atoms with E-state index in [1.165, 1.54) is 4.68 Å². The van der Waals surface area contributed by atoms with E-state index in [0.717, 1.165) is 0 Å². The Morgan fingerprint density at radius 1 is 1.40 bits per heavy atom. The van der Waals surface area contributed by atoms with E-state index in [1.54, 1.807) is 31.2 Å². The van der Waals surface area contributed by atoms with Gasteiger partial charge in [-0.05, 0) is 25.1 Å². The number of ether oxygens (including phenoxy) is 1. The average Bonchev–Trinajstić information content (AvgIpc) is 2.70. The van der Waals surface area contributed by atoms with E-state index in [0.29, 0.717) is 33.7 Å². The molecular formula is C13H13Cl2N3O2. The van der Waals surface area contributed by atoms with Gasteiger partial charge in [-0.3, -0.25) is 4.79 Å². The first kappa shape index (κ1) is 14.7. The molecule has 0 saturated carbocycles. The fraction of sp³-hybridized carbons (Fsp3) is 0.231. The molecule has 1 aromatic carbocycles. The van der Waals surface area contributed by atoms with Crippen LogP contribution < -0.4 is 5.73 Å². The molecule has 2 aromatic rings. The number of rotatable bonds is 4. The molecule has 106 valence electrons. The summed E-state index contributed by atoms with van der Waals surface area (Å²) in [6, 6.07) is 6.73. The number of hydrogen-bond acceptors (Lipinski definition) is 4. The third kappa shape index (κ3) is 3.23. The van der Waals surface area contributed by atoms with Gasteiger partial charge >= 0.3 is 5.97 Å². The van der Waals surface area contributed by atoms with Crippen molar-refractivity contribution in [3.05, 3.63) is 34.3 Å². The van der Waals surface area contributed by atoms with Crippen LogP contribution in [0.25, 0.3) is 11.3 Å². The van der Waals surface area contributed by atoms with Crippen molar-refractivity contribution in [1.29, 1.82) is 0 Å². The number of nitrogens with two attached hydrogens (primary N) is 1. The number of carbonyl (C=O) groups is 1. The molecule has 5 nitrogen and oxygen atoms in total. The number of anilines is 1. The fourth-order valence-corrected chi connectivity index (χ4v) is 2.22. The molecule has 0 radical (unpaired) electrons. The number of carbonyl (C=O) groups excluding carboxylic acids is 1. The first-order valence-electron chi connectivity index (χ1n) is 5.95. The van der Waals surface area contributed by atoms with Gasteiger partial charge in [0, 0.05) is 16.7 Å². The third-order valence-corrected chi connectivity index (χ3v) is 3.15. The summed E-state index contributed by atoms with van der Waals surface area (Å²) in [7, 11) is 0. The molecule has 0 aliphatic heterocycles. The lowest BCUT2D eigenvalue weighted by atomic mass is 10.1. The monoisotopic (exact) mass is 313 g/mol. The molecule has 1 heterocycles. The van der Waals surface area contributed by atoms with Gasteiger partial charge in [0.15, 0.2) is 0 Å². The Morgan fingerprint density at radius 2 is 2.15 bits per heavy atom. The van der Waals surface area contributed by atoms with Crippen molar-refractivity contribution >= 4 is 35.0 Å². The van der Waals surface area contributed by atoms with Gasteiger partial charge in [-0.1, -0.05) is 23.2 Å². The topological polar surface area (TPSA) is 70.1 Å². The zero-order chi connectivity index (χ0) is 14.7. The van der Waals surface area contributed by atoms with Crippen LogP contribution in [0, 0.1) is 0 Å². The Balaban J connectivity index is 2.28. The van der Waals surface area contributed by atoms with Crippen molar-refractivity contribution < 1.29 is 9.53 Å². The summed E-state index contributed by atoms with van der Waals surface area (Å²) in [5.74, 6) is -0.0323. The summed E-state index contributed by atoms with van der Waals surface area (Å²) in [5, 5.41) is 5.27. The van der Waals surface area contributed by atoms with E-state index >= 15 is 0 Å². The van der Waals surface area contributed by atoms with E-state index in [-0.39, 0.29) is 6.54 Å². The SMILES string of the molecule is CCOC(=O)Cn1nc(-c2ccc(Cl)cc2Cl)cc1N. The molecule has 0 unspecified atom stereocenters. The highest BCUT2D eigenvalue weighted by molar-refractivity contribution is 6.36. The van der Waals surface area contributed by atoms with Gasteiger partial charge < -0.3 is 10.5 Å². The minimum absolute atomic E-state index is 0.0368. The van der Waals surface area contributed by atoms with Crippen molar-refractivity contribution in [3.63, 3.8) is 0 Å². The maximum absolute atomic E-state index is 11.4. The molecule has 0 spiro atoms. The van der Waals surface area contributed by atoms with Gasteiger partial charge in [0.2, 0.25) is 0 Å². The van der Waals surface area contributed by atoms with E-state index in [1.807, 2.05) is 0 Å². The Hall–Kier alpha value is -1.72. The van der Waals surface area contributed by atoms with Crippen LogP contribution in [-0.2, 0) is 16.1 Å². The molecule has 0 aliphatic rings. The van der Waals surface area contributed by atoms with Crippen molar-refractivity contribution in [2.24, 2.45) is 0 Å². The highest BCUT2D eigenvalue weighted by atomic mass is 35.5. The summed E-state index contributed by atoms with van der Waals surface area (Å²) in [6.07, 6.45) is 0. The number of aromatic nitrogens is 2. The summed E-state index contributed by atoms with van der Waals surface area (Å²) in [4.78, 5) is 11.4. The summed E-state index contributed by atoms with van der Waals surface area (Å²) in [5.41, 5.74) is 7.10. The second-order valence-corrected chi connectivity index (χ2v) is 4.88. The standard InChI is InChI=1S/C13H13Cl2N3O2/c1-2-20-13(19)7-18-12(16)6-11(17-18)9-4-3-8(14)5-10(9)15/h3-6H,2,7,16H2,1H3. The van der Waals surface area contributed by atoms with Crippen molar-refractivity contribution in [2.45, 2.75) is 13.5 Å². The molecular weight excluding hydrogens is 301 g/mol. The molecule has 2 rings (SSSR count). The summed E-state index contributed by atoms with van der Waals surface area (Å²) >= 11 is 12.0. The molecule has 0 fully saturated rings. The third-order valence-electron chi connectivity index (χ3n) is 2.60. The number of benzene rings is 1. The zero-order valence-corrected chi connectivity index (χ0v) is 12.3. The average molecular weight is 314 g/mol. The van der Waals surface area contributed by atoms with E-state index < -0.39 is 5.97 Å². The van der Waals surface area contributed by atoms with Crippen LogP contribution in [0.4, 0.5) is 5.82 Å². The maximum Gasteiger partial charge on any atom is 0.327 e. The summed E-state index contributed by atoms with van der Waals surface area (Å²) < 4.78 is 6.23. The van der Waals surface area contributed by atoms with Gasteiger partial charge in [-0.15, -0.1) is 0 Å². The van der Waals surface area contributed by atoms with Crippen molar-refractivity contribution in [2.75, 3.05) is 12.3 Å². The fourth-order valence-electron chi connectivity index (χ4n) is 1.72. The number of nitrogens with zero attached hydrogens (tertiary/aromatic N) is 2. The quantitative estimate of drug-likeness (QED) is 0.881. The maximum atomic E-state index is 11.4. The first-order chi connectivity index (χ1) is 9.51. The molecule has 7 heteroatoms. The van der Waals surface area contributed by atoms with Crippen LogP contribution in [0.15, 0.2) is 24.3 Å². The normalized spacial score (nSPS) is 10.6. The van der Waals surface area contributed by atoms with Gasteiger partial charge in [-0.2, -0.15) is 5.10 Å². The number of esters is 1. The Bertz CT molecular complexity index is 641. The lowest BCUT2D eigenvalue weighted by molar-refractivity contribution is -0.143. The van der Waals surface area contributed by atoms with Gasteiger partial charge in [0.25, 0.3) is 0 Å². The molecule has 20 heavy (non-hydrogen) atoms. The van der Waals surface area contributed by atoms with Gasteiger partial charge in [-0.25, -0.2) is 4.68 Å². The highest BCUT2D eigenvalue weighted by Crippen LogP contribution is 2.30. The number of halogens is 2. The second kappa shape index (κ2) is 6.15. The first-order valence-corrected chi connectivity index (χ1v) is 6.71. The smallest absolute Gasteiger partial charge is 0.327 e. The second-order valence-electron chi connectivity index (χ2n) is 4.04. The lowest BCUT2D eigenvalue weighted by Crippen LogP contribution is -2.16. The predicted octanol–water partition coefficient (Wildman–Crippen LogP) is 3.00. The molecule has 1 aromatic heterocycles. The van der Waals surface area contributed by atoms with E-state index in [2.05, 4.69) is 5.10 Å². The van der Waals surface area contributed by atoms with Crippen LogP contribution in [0.2, 0.25) is 10.0 Å². The van der Waals surface area contributed by atoms with Crippen LogP contribution in [0.1, 0.15) is 6.92 Å². The predicted molar refractivity (Wildman–Crippen MR) is 78.7 cm³/mol. The van der Waals surface area contributed by atoms with Crippen molar-refractivity contribution in [1.82, 2.24) is 9.78 Å². The van der Waals surface area contributed by atoms with Crippen LogP contribution in [0.5, 0.6) is 0 Å². The largest absolute Gasteiger partial charge is 0.465 e. The molecule has 2 N–H and O–H groups in total. The molecule has 0 saturated heterocycles. The van der Waals surface area contributed by atoms with Crippen LogP contribution >= 0.6 is 23.2 Å². The summed E-state index contributed by atoms with van der Waals surface area (Å²) in [6.45, 7) is 2.02. The Kier molecular flexibility index (Phi) is 4.52. The van der Waals surface area contributed by atoms with E-state index in [9.17, 15) is 4.79 Å². The van der Waals surface area contributed by atoms with Crippen LogP contribution in [-0.4, -0.2) is 22.4 Å². The molecule has 0 bridgehead atoms. The highest BCUT2D eigenvalue weighted by Gasteiger charge is 2.13. The molecule has 0 aliphatic carbocycles. The Morgan fingerprint density at radius 3 is 2.80 bits per heavy atom.